The molecule has 0 saturated heterocycles. The van der Waals surface area contributed by atoms with Crippen molar-refractivity contribution in [1.29, 1.82) is 0 Å². The lowest BCUT2D eigenvalue weighted by Gasteiger charge is -2.29. The van der Waals surface area contributed by atoms with E-state index in [4.69, 9.17) is 9.47 Å². The van der Waals surface area contributed by atoms with Gasteiger partial charge in [0.15, 0.2) is 6.10 Å². The van der Waals surface area contributed by atoms with Crippen molar-refractivity contribution in [3.05, 3.63) is 47.5 Å². The minimum absolute atomic E-state index is 0.0399. The third-order valence-corrected chi connectivity index (χ3v) is 3.55. The maximum atomic E-state index is 12.3. The zero-order valence-corrected chi connectivity index (χ0v) is 11.7. The summed E-state index contributed by atoms with van der Waals surface area (Å²) in [6.07, 6.45) is -2.57. The smallest absolute Gasteiger partial charge is 0.211 e. The van der Waals surface area contributed by atoms with E-state index in [1.807, 2.05) is 0 Å². The van der Waals surface area contributed by atoms with Crippen molar-refractivity contribution in [2.45, 2.75) is 12.2 Å². The number of phenolic OH excluding ortho intramolecular Hbond substituents is 2. The minimum Gasteiger partial charge on any atom is -0.508 e. The van der Waals surface area contributed by atoms with Gasteiger partial charge < -0.3 is 24.8 Å². The summed E-state index contributed by atoms with van der Waals surface area (Å²) in [4.78, 5) is 12.3. The van der Waals surface area contributed by atoms with Crippen molar-refractivity contribution in [1.82, 2.24) is 0 Å². The average molecular weight is 302 g/mol. The first-order valence-electron chi connectivity index (χ1n) is 6.59. The number of carbonyl (C=O) groups is 1. The largest absolute Gasteiger partial charge is 0.508 e. The van der Waals surface area contributed by atoms with Crippen molar-refractivity contribution >= 4 is 5.78 Å². The molecule has 1 aliphatic heterocycles. The first kappa shape index (κ1) is 14.2. The molecule has 2 aromatic carbocycles. The van der Waals surface area contributed by atoms with E-state index in [9.17, 15) is 20.1 Å². The fourth-order valence-electron chi connectivity index (χ4n) is 2.48. The highest BCUT2D eigenvalue weighted by molar-refractivity contribution is 5.92. The van der Waals surface area contributed by atoms with Crippen molar-refractivity contribution < 1.29 is 29.6 Å². The molecule has 1 aliphatic rings. The number of aliphatic hydroxyl groups excluding tert-OH is 1. The summed E-state index contributed by atoms with van der Waals surface area (Å²) in [7, 11) is 1.50. The van der Waals surface area contributed by atoms with Crippen LogP contribution in [0.5, 0.6) is 23.0 Å². The lowest BCUT2D eigenvalue weighted by atomic mass is 9.93. The molecule has 0 radical (unpaired) electrons. The van der Waals surface area contributed by atoms with Gasteiger partial charge in [0.1, 0.15) is 29.1 Å². The van der Waals surface area contributed by atoms with E-state index < -0.39 is 18.0 Å². The molecule has 2 unspecified atom stereocenters. The van der Waals surface area contributed by atoms with Crippen LogP contribution < -0.4 is 9.47 Å². The molecule has 0 saturated carbocycles. The number of Topliss-reactive ketones (excluding diaryl/α,β-unsaturated/α-hetero) is 1. The van der Waals surface area contributed by atoms with Gasteiger partial charge in [0.05, 0.1) is 12.7 Å². The maximum Gasteiger partial charge on any atom is 0.211 e. The molecule has 1 heterocycles. The monoisotopic (exact) mass is 302 g/mol. The van der Waals surface area contributed by atoms with Crippen LogP contribution in [0, 0.1) is 0 Å². The lowest BCUT2D eigenvalue weighted by Crippen LogP contribution is -2.30. The molecular formula is C16H14O6. The van der Waals surface area contributed by atoms with Crippen LogP contribution in [0.25, 0.3) is 0 Å². The molecule has 0 bridgehead atoms. The fourth-order valence-corrected chi connectivity index (χ4v) is 2.48. The Labute approximate surface area is 126 Å². The molecular weight excluding hydrogens is 288 g/mol. The third-order valence-electron chi connectivity index (χ3n) is 3.55. The van der Waals surface area contributed by atoms with E-state index in [-0.39, 0.29) is 22.8 Å². The van der Waals surface area contributed by atoms with Crippen LogP contribution in [-0.2, 0) is 4.79 Å². The van der Waals surface area contributed by atoms with Gasteiger partial charge in [-0.05, 0) is 12.1 Å². The van der Waals surface area contributed by atoms with E-state index in [0.717, 1.165) is 6.07 Å². The van der Waals surface area contributed by atoms with Crippen LogP contribution in [-0.4, -0.2) is 28.2 Å². The molecule has 114 valence electrons. The standard InChI is InChI=1S/C16H14O6/c1-21-10-4-2-3-8(5-10)16-15(20)14(19)13-11(18)6-9(17)7-12(13)22-16/h2-7,14,16-19H,1H3. The van der Waals surface area contributed by atoms with Gasteiger partial charge in [0, 0.05) is 17.7 Å². The van der Waals surface area contributed by atoms with Gasteiger partial charge in [-0.3, -0.25) is 4.79 Å². The van der Waals surface area contributed by atoms with E-state index in [1.54, 1.807) is 24.3 Å². The number of hydrogen-bond donors (Lipinski definition) is 3. The minimum atomic E-state index is -1.53. The molecule has 6 heteroatoms. The summed E-state index contributed by atoms with van der Waals surface area (Å²) < 4.78 is 10.7. The molecule has 3 N–H and O–H groups in total. The predicted octanol–water partition coefficient (Wildman–Crippen LogP) is 1.84. The van der Waals surface area contributed by atoms with Crippen LogP contribution in [0.15, 0.2) is 36.4 Å². The molecule has 2 aromatic rings. The second kappa shape index (κ2) is 5.23. The van der Waals surface area contributed by atoms with Crippen LogP contribution in [0.4, 0.5) is 0 Å². The van der Waals surface area contributed by atoms with E-state index in [0.29, 0.717) is 11.3 Å². The van der Waals surface area contributed by atoms with Crippen LogP contribution in [0.1, 0.15) is 23.3 Å². The first-order valence-corrected chi connectivity index (χ1v) is 6.59. The topological polar surface area (TPSA) is 96.2 Å². The summed E-state index contributed by atoms with van der Waals surface area (Å²) in [6.45, 7) is 0. The molecule has 0 spiro atoms. The van der Waals surface area contributed by atoms with Crippen LogP contribution in [0.2, 0.25) is 0 Å². The molecule has 0 fully saturated rings. The van der Waals surface area contributed by atoms with Gasteiger partial charge in [-0.2, -0.15) is 0 Å². The Balaban J connectivity index is 2.06. The SMILES string of the molecule is COc1cccc(C2Oc3cc(O)cc(O)c3C(O)C2=O)c1. The number of ether oxygens (including phenoxy) is 2. The molecule has 6 nitrogen and oxygen atoms in total. The summed E-state index contributed by atoms with van der Waals surface area (Å²) in [5.41, 5.74) is 0.471. The summed E-state index contributed by atoms with van der Waals surface area (Å²) in [5, 5.41) is 29.5. The van der Waals surface area contributed by atoms with Gasteiger partial charge in [0.2, 0.25) is 5.78 Å². The highest BCUT2D eigenvalue weighted by Gasteiger charge is 2.39. The van der Waals surface area contributed by atoms with Gasteiger partial charge in [-0.1, -0.05) is 12.1 Å². The van der Waals surface area contributed by atoms with E-state index in [2.05, 4.69) is 0 Å². The third kappa shape index (κ3) is 2.23. The summed E-state index contributed by atoms with van der Waals surface area (Å²) in [5.74, 6) is -0.589. The predicted molar refractivity (Wildman–Crippen MR) is 76.1 cm³/mol. The highest BCUT2D eigenvalue weighted by Crippen LogP contribution is 2.45. The normalized spacial score (nSPS) is 20.2. The van der Waals surface area contributed by atoms with Gasteiger partial charge >= 0.3 is 0 Å². The zero-order valence-electron chi connectivity index (χ0n) is 11.7. The number of aliphatic hydroxyl groups is 1. The number of methoxy groups -OCH3 is 1. The molecule has 3 rings (SSSR count). The van der Waals surface area contributed by atoms with Crippen molar-refractivity contribution in [3.63, 3.8) is 0 Å². The number of ketones is 1. The zero-order chi connectivity index (χ0) is 15.9. The van der Waals surface area contributed by atoms with E-state index in [1.165, 1.54) is 13.2 Å². The molecule has 2 atom stereocenters. The number of benzene rings is 2. The molecule has 22 heavy (non-hydrogen) atoms. The lowest BCUT2D eigenvalue weighted by molar-refractivity contribution is -0.137. The number of hydrogen-bond acceptors (Lipinski definition) is 6. The second-order valence-electron chi connectivity index (χ2n) is 4.96. The first-order chi connectivity index (χ1) is 10.5. The van der Waals surface area contributed by atoms with Crippen molar-refractivity contribution in [3.8, 4) is 23.0 Å². The van der Waals surface area contributed by atoms with Crippen LogP contribution >= 0.6 is 0 Å². The summed E-state index contributed by atoms with van der Waals surface area (Å²) in [6, 6.07) is 9.02. The van der Waals surface area contributed by atoms with E-state index >= 15 is 0 Å². The Kier molecular flexibility index (Phi) is 3.38. The number of aromatic hydroxyl groups is 2. The quantitative estimate of drug-likeness (QED) is 0.783. The second-order valence-corrected chi connectivity index (χ2v) is 4.96. The summed E-state index contributed by atoms with van der Waals surface area (Å²) >= 11 is 0. The number of fused-ring (bicyclic) bond motifs is 1. The van der Waals surface area contributed by atoms with Gasteiger partial charge in [-0.15, -0.1) is 0 Å². The maximum absolute atomic E-state index is 12.3. The number of phenols is 2. The van der Waals surface area contributed by atoms with Crippen LogP contribution in [0.3, 0.4) is 0 Å². The fraction of sp³-hybridized carbons (Fsp3) is 0.188. The van der Waals surface area contributed by atoms with Gasteiger partial charge in [0.25, 0.3) is 0 Å². The Bertz CT molecular complexity index is 739. The molecule has 0 aromatic heterocycles. The highest BCUT2D eigenvalue weighted by atomic mass is 16.5. The Morgan fingerprint density at radius 3 is 2.68 bits per heavy atom. The molecule has 0 amide bonds. The van der Waals surface area contributed by atoms with Crippen molar-refractivity contribution in [2.24, 2.45) is 0 Å². The van der Waals surface area contributed by atoms with Gasteiger partial charge in [-0.25, -0.2) is 0 Å². The Morgan fingerprint density at radius 1 is 1.18 bits per heavy atom. The number of rotatable bonds is 2. The number of carbonyl (C=O) groups excluding carboxylic acids is 1. The van der Waals surface area contributed by atoms with Crippen molar-refractivity contribution in [2.75, 3.05) is 7.11 Å². The Morgan fingerprint density at radius 2 is 1.95 bits per heavy atom. The average Bonchev–Trinajstić information content (AvgIpc) is 2.50. The Hall–Kier alpha value is -2.73. The molecule has 0 aliphatic carbocycles.